The van der Waals surface area contributed by atoms with Crippen molar-refractivity contribution in [2.45, 2.75) is 44.2 Å². The monoisotopic (exact) mass is 283 g/mol. The van der Waals surface area contributed by atoms with Crippen molar-refractivity contribution in [1.29, 1.82) is 0 Å². The minimum absolute atomic E-state index is 0. The maximum atomic E-state index is 11.4. The highest BCUT2D eigenvalue weighted by Gasteiger charge is 2.46. The zero-order chi connectivity index (χ0) is 12.5. The standard InChI is InChI=1S/C13H17N3O2.ClH/c17-12(18)11-8-9-4-1-2-5-10(9)16(11)13-14-6-3-7-15-13;/h3,6-7,9-11H,1-2,4-5,8H2,(H,17,18);1H. The van der Waals surface area contributed by atoms with E-state index in [0.29, 0.717) is 17.9 Å². The predicted octanol–water partition coefficient (Wildman–Crippen LogP) is 2.12. The van der Waals surface area contributed by atoms with Crippen molar-refractivity contribution >= 4 is 24.3 Å². The molecule has 3 unspecified atom stereocenters. The molecule has 1 aliphatic carbocycles. The predicted molar refractivity (Wildman–Crippen MR) is 73.5 cm³/mol. The van der Waals surface area contributed by atoms with E-state index in [1.807, 2.05) is 4.90 Å². The highest BCUT2D eigenvalue weighted by atomic mass is 35.5. The van der Waals surface area contributed by atoms with Crippen LogP contribution >= 0.6 is 12.4 Å². The van der Waals surface area contributed by atoms with Crippen molar-refractivity contribution in [3.63, 3.8) is 0 Å². The van der Waals surface area contributed by atoms with Gasteiger partial charge in [-0.3, -0.25) is 0 Å². The number of aromatic nitrogens is 2. The van der Waals surface area contributed by atoms with Crippen molar-refractivity contribution in [2.75, 3.05) is 4.90 Å². The summed E-state index contributed by atoms with van der Waals surface area (Å²) in [6, 6.07) is 1.61. The van der Waals surface area contributed by atoms with E-state index in [0.717, 1.165) is 19.3 Å². The van der Waals surface area contributed by atoms with E-state index < -0.39 is 12.0 Å². The molecule has 2 heterocycles. The first kappa shape index (κ1) is 14.1. The van der Waals surface area contributed by atoms with Crippen LogP contribution in [0.25, 0.3) is 0 Å². The Balaban J connectivity index is 0.00000133. The Morgan fingerprint density at radius 3 is 2.63 bits per heavy atom. The normalized spacial score (nSPS) is 29.5. The number of halogens is 1. The first-order chi connectivity index (χ1) is 8.77. The lowest BCUT2D eigenvalue weighted by molar-refractivity contribution is -0.138. The Morgan fingerprint density at radius 2 is 1.95 bits per heavy atom. The van der Waals surface area contributed by atoms with Crippen molar-refractivity contribution in [1.82, 2.24) is 9.97 Å². The van der Waals surface area contributed by atoms with Gasteiger partial charge in [0.25, 0.3) is 0 Å². The van der Waals surface area contributed by atoms with Gasteiger partial charge >= 0.3 is 5.97 Å². The lowest BCUT2D eigenvalue weighted by Gasteiger charge is -2.32. The Kier molecular flexibility index (Phi) is 4.24. The van der Waals surface area contributed by atoms with Gasteiger partial charge in [-0.15, -0.1) is 12.4 Å². The fourth-order valence-electron chi connectivity index (χ4n) is 3.39. The molecule has 3 rings (SSSR count). The summed E-state index contributed by atoms with van der Waals surface area (Å²) in [7, 11) is 0. The van der Waals surface area contributed by atoms with Gasteiger partial charge in [0, 0.05) is 18.4 Å². The largest absolute Gasteiger partial charge is 0.480 e. The molecule has 0 radical (unpaired) electrons. The second kappa shape index (κ2) is 5.74. The summed E-state index contributed by atoms with van der Waals surface area (Å²) < 4.78 is 0. The number of aliphatic carboxylic acids is 1. The topological polar surface area (TPSA) is 66.3 Å². The van der Waals surface area contributed by atoms with Crippen LogP contribution in [0.15, 0.2) is 18.5 Å². The molecule has 0 spiro atoms. The lowest BCUT2D eigenvalue weighted by Crippen LogP contribution is -2.43. The molecule has 1 aromatic heterocycles. The van der Waals surface area contributed by atoms with E-state index in [1.165, 1.54) is 12.8 Å². The average molecular weight is 284 g/mol. The molecule has 104 valence electrons. The van der Waals surface area contributed by atoms with Gasteiger partial charge in [0.1, 0.15) is 6.04 Å². The second-order valence-electron chi connectivity index (χ2n) is 5.16. The Hall–Kier alpha value is -1.36. The van der Waals surface area contributed by atoms with Gasteiger partial charge in [0.15, 0.2) is 0 Å². The van der Waals surface area contributed by atoms with Crippen LogP contribution in [0, 0.1) is 5.92 Å². The van der Waals surface area contributed by atoms with E-state index in [-0.39, 0.29) is 12.4 Å². The first-order valence-corrected chi connectivity index (χ1v) is 6.55. The highest BCUT2D eigenvalue weighted by Crippen LogP contribution is 2.41. The number of hydrogen-bond donors (Lipinski definition) is 1. The maximum Gasteiger partial charge on any atom is 0.326 e. The van der Waals surface area contributed by atoms with Crippen molar-refractivity contribution in [3.05, 3.63) is 18.5 Å². The third-order valence-electron chi connectivity index (χ3n) is 4.16. The van der Waals surface area contributed by atoms with Gasteiger partial charge in [0.2, 0.25) is 5.95 Å². The molecule has 1 aliphatic heterocycles. The Morgan fingerprint density at radius 1 is 1.26 bits per heavy atom. The molecule has 3 atom stereocenters. The van der Waals surface area contributed by atoms with Crippen LogP contribution in [-0.2, 0) is 4.79 Å². The number of rotatable bonds is 2. The highest BCUT2D eigenvalue weighted by molar-refractivity contribution is 5.85. The molecule has 1 saturated heterocycles. The van der Waals surface area contributed by atoms with E-state index in [4.69, 9.17) is 0 Å². The van der Waals surface area contributed by atoms with Gasteiger partial charge in [-0.2, -0.15) is 0 Å². The van der Waals surface area contributed by atoms with Crippen molar-refractivity contribution in [3.8, 4) is 0 Å². The van der Waals surface area contributed by atoms with Gasteiger partial charge in [0.05, 0.1) is 0 Å². The van der Waals surface area contributed by atoms with Gasteiger partial charge in [-0.25, -0.2) is 14.8 Å². The molecular weight excluding hydrogens is 266 g/mol. The van der Waals surface area contributed by atoms with Crippen LogP contribution in [0.1, 0.15) is 32.1 Å². The van der Waals surface area contributed by atoms with Crippen molar-refractivity contribution < 1.29 is 9.90 Å². The molecule has 0 bridgehead atoms. The molecule has 0 aromatic carbocycles. The minimum Gasteiger partial charge on any atom is -0.480 e. The van der Waals surface area contributed by atoms with Crippen LogP contribution in [0.3, 0.4) is 0 Å². The van der Waals surface area contributed by atoms with E-state index in [1.54, 1.807) is 18.5 Å². The maximum absolute atomic E-state index is 11.4. The van der Waals surface area contributed by atoms with Crippen LogP contribution in [0.2, 0.25) is 0 Å². The first-order valence-electron chi connectivity index (χ1n) is 6.55. The Bertz CT molecular complexity index is 443. The molecule has 1 aromatic rings. The number of carbonyl (C=O) groups is 1. The summed E-state index contributed by atoms with van der Waals surface area (Å²) in [4.78, 5) is 21.8. The van der Waals surface area contributed by atoms with Crippen LogP contribution < -0.4 is 4.90 Å². The molecule has 2 fully saturated rings. The summed E-state index contributed by atoms with van der Waals surface area (Å²) in [5.41, 5.74) is 0. The molecule has 19 heavy (non-hydrogen) atoms. The van der Waals surface area contributed by atoms with Gasteiger partial charge in [-0.1, -0.05) is 12.8 Å². The van der Waals surface area contributed by atoms with E-state index in [9.17, 15) is 9.90 Å². The number of fused-ring (bicyclic) bond motifs is 1. The Labute approximate surface area is 118 Å². The van der Waals surface area contributed by atoms with Crippen molar-refractivity contribution in [2.24, 2.45) is 5.92 Å². The number of nitrogens with zero attached hydrogens (tertiary/aromatic N) is 3. The number of carboxylic acid groups (broad SMARTS) is 1. The third kappa shape index (κ3) is 2.52. The molecule has 6 heteroatoms. The molecule has 0 amide bonds. The molecule has 1 saturated carbocycles. The second-order valence-corrected chi connectivity index (χ2v) is 5.16. The van der Waals surface area contributed by atoms with E-state index in [2.05, 4.69) is 9.97 Å². The molecule has 5 nitrogen and oxygen atoms in total. The van der Waals surface area contributed by atoms with Gasteiger partial charge in [-0.05, 0) is 31.2 Å². The third-order valence-corrected chi connectivity index (χ3v) is 4.16. The van der Waals surface area contributed by atoms with Crippen LogP contribution in [-0.4, -0.2) is 33.1 Å². The number of carboxylic acids is 1. The summed E-state index contributed by atoms with van der Waals surface area (Å²) in [5, 5.41) is 9.39. The fourth-order valence-corrected chi connectivity index (χ4v) is 3.39. The van der Waals surface area contributed by atoms with E-state index >= 15 is 0 Å². The molecule has 1 N–H and O–H groups in total. The summed E-state index contributed by atoms with van der Waals surface area (Å²) >= 11 is 0. The smallest absolute Gasteiger partial charge is 0.326 e. The number of anilines is 1. The minimum atomic E-state index is -0.753. The SMILES string of the molecule is Cl.O=C(O)C1CC2CCCCC2N1c1ncccn1. The quantitative estimate of drug-likeness (QED) is 0.900. The van der Waals surface area contributed by atoms with Gasteiger partial charge < -0.3 is 10.0 Å². The fraction of sp³-hybridized carbons (Fsp3) is 0.615. The van der Waals surface area contributed by atoms with Crippen LogP contribution in [0.4, 0.5) is 5.95 Å². The summed E-state index contributed by atoms with van der Waals surface area (Å²) in [6.07, 6.45) is 8.69. The van der Waals surface area contributed by atoms with Crippen LogP contribution in [0.5, 0.6) is 0 Å². The zero-order valence-corrected chi connectivity index (χ0v) is 11.4. The lowest BCUT2D eigenvalue weighted by atomic mass is 9.85. The zero-order valence-electron chi connectivity index (χ0n) is 10.6. The average Bonchev–Trinajstić information content (AvgIpc) is 2.79. The summed E-state index contributed by atoms with van der Waals surface area (Å²) in [6.45, 7) is 0. The molecule has 2 aliphatic rings. The molecular formula is C13H18ClN3O2. The summed E-state index contributed by atoms with van der Waals surface area (Å²) in [5.74, 6) is 0.305. The number of hydrogen-bond acceptors (Lipinski definition) is 4.